The van der Waals surface area contributed by atoms with Crippen LogP contribution >= 0.6 is 11.6 Å². The topological polar surface area (TPSA) is 44.5 Å². The molecule has 0 atom stereocenters. The molecule has 3 nitrogen and oxygen atoms in total. The number of hydrogen-bond donors (Lipinski definition) is 1. The van der Waals surface area contributed by atoms with Gasteiger partial charge in [-0.1, -0.05) is 11.6 Å². The summed E-state index contributed by atoms with van der Waals surface area (Å²) in [5, 5.41) is 0.0243. The van der Waals surface area contributed by atoms with Gasteiger partial charge >= 0.3 is 0 Å². The molecule has 1 aliphatic heterocycles. The third kappa shape index (κ3) is 2.57. The Kier molecular flexibility index (Phi) is 3.51. The summed E-state index contributed by atoms with van der Waals surface area (Å²) < 4.78 is 23.9. The minimum absolute atomic E-state index is 0.0243. The van der Waals surface area contributed by atoms with E-state index in [1.54, 1.807) is 0 Å². The van der Waals surface area contributed by atoms with Gasteiger partial charge in [-0.2, -0.15) is 0 Å². The molecule has 0 unspecified atom stereocenters. The summed E-state index contributed by atoms with van der Waals surface area (Å²) in [5.41, 5.74) is 5.92. The van der Waals surface area contributed by atoms with Crippen LogP contribution in [0.4, 0.5) is 10.1 Å². The van der Waals surface area contributed by atoms with E-state index in [4.69, 9.17) is 26.8 Å². The van der Waals surface area contributed by atoms with Crippen molar-refractivity contribution < 1.29 is 13.9 Å². The van der Waals surface area contributed by atoms with Gasteiger partial charge in [0, 0.05) is 25.0 Å². The summed E-state index contributed by atoms with van der Waals surface area (Å²) >= 11 is 5.67. The Bertz CT molecular complexity index is 380. The van der Waals surface area contributed by atoms with Crippen LogP contribution < -0.4 is 10.5 Å². The van der Waals surface area contributed by atoms with Crippen molar-refractivity contribution >= 4 is 17.3 Å². The van der Waals surface area contributed by atoms with Gasteiger partial charge in [-0.3, -0.25) is 0 Å². The Morgan fingerprint density at radius 2 is 2.06 bits per heavy atom. The van der Waals surface area contributed by atoms with Gasteiger partial charge in [0.15, 0.2) is 0 Å². The van der Waals surface area contributed by atoms with Crippen molar-refractivity contribution in [1.82, 2.24) is 0 Å². The molecule has 2 N–H and O–H groups in total. The van der Waals surface area contributed by atoms with Crippen LogP contribution in [0.15, 0.2) is 12.1 Å². The highest BCUT2D eigenvalue weighted by Crippen LogP contribution is 2.30. The summed E-state index contributed by atoms with van der Waals surface area (Å²) in [6.07, 6.45) is 1.70. The van der Waals surface area contributed by atoms with Crippen LogP contribution in [0.25, 0.3) is 0 Å². The van der Waals surface area contributed by atoms with Gasteiger partial charge in [-0.05, 0) is 0 Å². The molecule has 0 spiro atoms. The molecule has 1 aromatic rings. The smallest absolute Gasteiger partial charge is 0.144 e. The van der Waals surface area contributed by atoms with Crippen molar-refractivity contribution in [3.8, 4) is 5.75 Å². The lowest BCUT2D eigenvalue weighted by Crippen LogP contribution is -2.26. The van der Waals surface area contributed by atoms with Crippen molar-refractivity contribution in [3.63, 3.8) is 0 Å². The molecule has 0 amide bonds. The Morgan fingerprint density at radius 1 is 1.38 bits per heavy atom. The van der Waals surface area contributed by atoms with E-state index in [0.717, 1.165) is 12.8 Å². The number of hydrogen-bond acceptors (Lipinski definition) is 3. The van der Waals surface area contributed by atoms with E-state index in [1.807, 2.05) is 0 Å². The van der Waals surface area contributed by atoms with Gasteiger partial charge < -0.3 is 15.2 Å². The van der Waals surface area contributed by atoms with Gasteiger partial charge in [0.05, 0.1) is 23.9 Å². The third-order valence-electron chi connectivity index (χ3n) is 2.51. The normalized spacial score (nSPS) is 17.4. The van der Waals surface area contributed by atoms with Crippen molar-refractivity contribution in [3.05, 3.63) is 23.0 Å². The molecular formula is C11H13ClFNO2. The average Bonchev–Trinajstić information content (AvgIpc) is 2.27. The largest absolute Gasteiger partial charge is 0.488 e. The Labute approximate surface area is 98.3 Å². The molecule has 0 radical (unpaired) electrons. The van der Waals surface area contributed by atoms with Crippen molar-refractivity contribution in [2.75, 3.05) is 18.9 Å². The number of nitrogens with two attached hydrogens (primary N) is 1. The van der Waals surface area contributed by atoms with Gasteiger partial charge in [0.1, 0.15) is 17.7 Å². The first kappa shape index (κ1) is 11.5. The predicted molar refractivity (Wildman–Crippen MR) is 60.3 cm³/mol. The fourth-order valence-electron chi connectivity index (χ4n) is 1.62. The van der Waals surface area contributed by atoms with E-state index in [1.165, 1.54) is 12.1 Å². The SMILES string of the molecule is Nc1cc(F)c(Cl)cc1OC1CCOCC1. The van der Waals surface area contributed by atoms with Crippen molar-refractivity contribution in [2.24, 2.45) is 0 Å². The van der Waals surface area contributed by atoms with Crippen LogP contribution in [0.5, 0.6) is 5.75 Å². The molecule has 2 rings (SSSR count). The molecule has 5 heteroatoms. The van der Waals surface area contributed by atoms with Gasteiger partial charge in [0.2, 0.25) is 0 Å². The van der Waals surface area contributed by atoms with Crippen molar-refractivity contribution in [2.45, 2.75) is 18.9 Å². The van der Waals surface area contributed by atoms with Crippen LogP contribution in [-0.4, -0.2) is 19.3 Å². The van der Waals surface area contributed by atoms with Crippen LogP contribution in [0.3, 0.4) is 0 Å². The second-order valence-electron chi connectivity index (χ2n) is 3.73. The number of anilines is 1. The molecule has 16 heavy (non-hydrogen) atoms. The first-order valence-corrected chi connectivity index (χ1v) is 5.53. The summed E-state index contributed by atoms with van der Waals surface area (Å²) in [6, 6.07) is 2.60. The molecule has 1 fully saturated rings. The number of rotatable bonds is 2. The number of ether oxygens (including phenoxy) is 2. The number of halogens is 2. The minimum atomic E-state index is -0.529. The molecular weight excluding hydrogens is 233 g/mol. The molecule has 0 aromatic heterocycles. The molecule has 0 aliphatic carbocycles. The Balaban J connectivity index is 2.11. The lowest BCUT2D eigenvalue weighted by Gasteiger charge is -2.24. The predicted octanol–water partition coefficient (Wildman–Crippen LogP) is 2.62. The van der Waals surface area contributed by atoms with Crippen LogP contribution in [0.1, 0.15) is 12.8 Å². The van der Waals surface area contributed by atoms with Crippen molar-refractivity contribution in [1.29, 1.82) is 0 Å². The maximum Gasteiger partial charge on any atom is 0.144 e. The van der Waals surface area contributed by atoms with Gasteiger partial charge in [-0.25, -0.2) is 4.39 Å². The average molecular weight is 246 g/mol. The van der Waals surface area contributed by atoms with E-state index >= 15 is 0 Å². The van der Waals surface area contributed by atoms with Crippen LogP contribution in [0.2, 0.25) is 5.02 Å². The molecule has 1 aromatic carbocycles. The molecule has 1 heterocycles. The summed E-state index contributed by atoms with van der Waals surface area (Å²) in [6.45, 7) is 1.36. The number of benzene rings is 1. The molecule has 1 saturated heterocycles. The fraction of sp³-hybridized carbons (Fsp3) is 0.455. The van der Waals surface area contributed by atoms with E-state index in [9.17, 15) is 4.39 Å². The minimum Gasteiger partial charge on any atom is -0.488 e. The zero-order valence-electron chi connectivity index (χ0n) is 8.71. The summed E-state index contributed by atoms with van der Waals surface area (Å²) in [4.78, 5) is 0. The van der Waals surface area contributed by atoms with Crippen LogP contribution in [-0.2, 0) is 4.74 Å². The summed E-state index contributed by atoms with van der Waals surface area (Å²) in [5.74, 6) is -0.0863. The first-order valence-electron chi connectivity index (χ1n) is 5.16. The Morgan fingerprint density at radius 3 is 2.75 bits per heavy atom. The van der Waals surface area contributed by atoms with E-state index in [2.05, 4.69) is 0 Å². The number of nitrogen functional groups attached to an aromatic ring is 1. The zero-order chi connectivity index (χ0) is 11.5. The van der Waals surface area contributed by atoms with Gasteiger partial charge in [0.25, 0.3) is 0 Å². The quantitative estimate of drug-likeness (QED) is 0.815. The first-order chi connectivity index (χ1) is 7.66. The van der Waals surface area contributed by atoms with E-state index in [0.29, 0.717) is 19.0 Å². The standard InChI is InChI=1S/C11H13ClFNO2/c12-8-5-11(10(14)6-9(8)13)16-7-1-3-15-4-2-7/h5-7H,1-4,14H2. The lowest BCUT2D eigenvalue weighted by atomic mass is 10.1. The Hall–Kier alpha value is -1.00. The second kappa shape index (κ2) is 4.89. The fourth-order valence-corrected chi connectivity index (χ4v) is 1.77. The van der Waals surface area contributed by atoms with E-state index in [-0.39, 0.29) is 16.8 Å². The van der Waals surface area contributed by atoms with E-state index < -0.39 is 5.82 Å². The highest BCUT2D eigenvalue weighted by atomic mass is 35.5. The zero-order valence-corrected chi connectivity index (χ0v) is 9.47. The molecule has 88 valence electrons. The molecule has 1 aliphatic rings. The highest BCUT2D eigenvalue weighted by molar-refractivity contribution is 6.31. The van der Waals surface area contributed by atoms with Crippen LogP contribution in [0, 0.1) is 5.82 Å². The molecule has 0 bridgehead atoms. The van der Waals surface area contributed by atoms with Gasteiger partial charge in [-0.15, -0.1) is 0 Å². The third-order valence-corrected chi connectivity index (χ3v) is 2.80. The second-order valence-corrected chi connectivity index (χ2v) is 4.14. The molecule has 0 saturated carbocycles. The highest BCUT2D eigenvalue weighted by Gasteiger charge is 2.17. The lowest BCUT2D eigenvalue weighted by molar-refractivity contribution is 0.0258. The maximum absolute atomic E-state index is 13.1. The monoisotopic (exact) mass is 245 g/mol. The maximum atomic E-state index is 13.1. The summed E-state index contributed by atoms with van der Waals surface area (Å²) in [7, 11) is 0.